The number of ether oxygens (including phenoxy) is 1. The van der Waals surface area contributed by atoms with Gasteiger partial charge in [-0.15, -0.1) is 0 Å². The van der Waals surface area contributed by atoms with Gasteiger partial charge in [0.05, 0.1) is 6.61 Å². The Bertz CT molecular complexity index is 385. The second kappa shape index (κ2) is 6.72. The van der Waals surface area contributed by atoms with Gasteiger partial charge < -0.3 is 4.74 Å². The molecule has 1 aromatic rings. The first-order chi connectivity index (χ1) is 8.38. The molecule has 0 radical (unpaired) electrons. The maximum absolute atomic E-state index is 6.09. The van der Waals surface area contributed by atoms with Crippen LogP contribution in [0.5, 0.6) is 5.75 Å². The first kappa shape index (κ1) is 15.7. The first-order valence-electron chi connectivity index (χ1n) is 6.40. The molecular formula is C15H23ClOS. The van der Waals surface area contributed by atoms with Crippen molar-refractivity contribution in [3.05, 3.63) is 28.8 Å². The van der Waals surface area contributed by atoms with Crippen LogP contribution >= 0.6 is 24.2 Å². The van der Waals surface area contributed by atoms with Gasteiger partial charge in [-0.2, -0.15) is 12.6 Å². The molecule has 1 rings (SSSR count). The maximum Gasteiger partial charge on any atom is 0.119 e. The molecule has 0 amide bonds. The molecule has 1 atom stereocenters. The largest absolute Gasteiger partial charge is 0.493 e. The summed E-state index contributed by atoms with van der Waals surface area (Å²) in [4.78, 5) is 0. The highest BCUT2D eigenvalue weighted by Crippen LogP contribution is 2.28. The Morgan fingerprint density at radius 2 is 2.00 bits per heavy atom. The number of halogens is 1. The van der Waals surface area contributed by atoms with Crippen LogP contribution in [-0.2, 0) is 6.42 Å². The second-order valence-electron chi connectivity index (χ2n) is 5.66. The molecule has 0 heterocycles. The summed E-state index contributed by atoms with van der Waals surface area (Å²) in [7, 11) is 0. The van der Waals surface area contributed by atoms with E-state index in [4.69, 9.17) is 16.3 Å². The van der Waals surface area contributed by atoms with E-state index < -0.39 is 0 Å². The molecule has 0 aliphatic rings. The predicted molar refractivity (Wildman–Crippen MR) is 83.1 cm³/mol. The van der Waals surface area contributed by atoms with Gasteiger partial charge in [-0.3, -0.25) is 0 Å². The van der Waals surface area contributed by atoms with Crippen LogP contribution in [0.4, 0.5) is 0 Å². The fourth-order valence-electron chi connectivity index (χ4n) is 1.69. The summed E-state index contributed by atoms with van der Waals surface area (Å²) in [5.74, 6) is 2.16. The van der Waals surface area contributed by atoms with Gasteiger partial charge in [0.25, 0.3) is 0 Å². The van der Waals surface area contributed by atoms with Crippen molar-refractivity contribution in [2.24, 2.45) is 11.3 Å². The van der Waals surface area contributed by atoms with Crippen molar-refractivity contribution in [1.82, 2.24) is 0 Å². The van der Waals surface area contributed by atoms with E-state index in [1.807, 2.05) is 18.2 Å². The monoisotopic (exact) mass is 286 g/mol. The molecular weight excluding hydrogens is 264 g/mol. The smallest absolute Gasteiger partial charge is 0.119 e. The minimum atomic E-state index is 0.210. The lowest BCUT2D eigenvalue weighted by Crippen LogP contribution is -2.28. The Labute approximate surface area is 121 Å². The molecule has 1 nitrogen and oxygen atoms in total. The highest BCUT2D eigenvalue weighted by Gasteiger charge is 2.23. The van der Waals surface area contributed by atoms with E-state index in [0.29, 0.717) is 12.5 Å². The average Bonchev–Trinajstić information content (AvgIpc) is 2.30. The third-order valence-electron chi connectivity index (χ3n) is 3.29. The van der Waals surface area contributed by atoms with Gasteiger partial charge in [-0.1, -0.05) is 39.3 Å². The van der Waals surface area contributed by atoms with Crippen LogP contribution in [0, 0.1) is 11.3 Å². The van der Waals surface area contributed by atoms with E-state index >= 15 is 0 Å². The van der Waals surface area contributed by atoms with E-state index in [2.05, 4.69) is 40.3 Å². The van der Waals surface area contributed by atoms with E-state index in [1.54, 1.807) is 0 Å². The van der Waals surface area contributed by atoms with Crippen LogP contribution in [0.1, 0.15) is 33.3 Å². The highest BCUT2D eigenvalue weighted by atomic mass is 35.5. The molecule has 0 N–H and O–H groups in total. The summed E-state index contributed by atoms with van der Waals surface area (Å²) >= 11 is 10.5. The number of thiol groups is 1. The lowest BCUT2D eigenvalue weighted by atomic mass is 9.82. The summed E-state index contributed by atoms with van der Waals surface area (Å²) in [6.45, 7) is 9.44. The minimum absolute atomic E-state index is 0.210. The van der Waals surface area contributed by atoms with Crippen molar-refractivity contribution in [2.45, 2.75) is 34.1 Å². The fourth-order valence-corrected chi connectivity index (χ4v) is 2.59. The van der Waals surface area contributed by atoms with Gasteiger partial charge in [-0.25, -0.2) is 0 Å². The summed E-state index contributed by atoms with van der Waals surface area (Å²) in [6, 6.07) is 5.86. The Morgan fingerprint density at radius 1 is 1.33 bits per heavy atom. The van der Waals surface area contributed by atoms with E-state index in [9.17, 15) is 0 Å². The summed E-state index contributed by atoms with van der Waals surface area (Å²) < 4.78 is 5.88. The van der Waals surface area contributed by atoms with Gasteiger partial charge in [0.1, 0.15) is 5.75 Å². The third kappa shape index (κ3) is 4.40. The van der Waals surface area contributed by atoms with Crippen LogP contribution in [-0.4, -0.2) is 12.4 Å². The summed E-state index contributed by atoms with van der Waals surface area (Å²) in [6.07, 6.45) is 0.922. The maximum atomic E-state index is 6.09. The Balaban J connectivity index is 2.68. The quantitative estimate of drug-likeness (QED) is 0.760. The standard InChI is InChI=1S/C15H23ClOS/c1-5-11-8-13(6-7-14(11)16)17-9-12(10-18)15(2,3)4/h6-8,12,18H,5,9-10H2,1-4H3. The molecule has 0 aliphatic carbocycles. The molecule has 0 spiro atoms. The number of benzene rings is 1. The van der Waals surface area contributed by atoms with Gasteiger partial charge >= 0.3 is 0 Å². The Hall–Kier alpha value is -0.340. The zero-order valence-electron chi connectivity index (χ0n) is 11.7. The Morgan fingerprint density at radius 3 is 2.50 bits per heavy atom. The molecule has 102 valence electrons. The van der Waals surface area contributed by atoms with Crippen LogP contribution in [0.15, 0.2) is 18.2 Å². The zero-order chi connectivity index (χ0) is 13.8. The SMILES string of the molecule is CCc1cc(OCC(CS)C(C)(C)C)ccc1Cl. The molecule has 0 aliphatic heterocycles. The van der Waals surface area contributed by atoms with Gasteiger partial charge in [0.2, 0.25) is 0 Å². The van der Waals surface area contributed by atoms with Gasteiger partial charge in [-0.05, 0) is 41.4 Å². The van der Waals surface area contributed by atoms with Crippen LogP contribution < -0.4 is 4.74 Å². The number of rotatable bonds is 5. The van der Waals surface area contributed by atoms with Crippen LogP contribution in [0.25, 0.3) is 0 Å². The van der Waals surface area contributed by atoms with Crippen LogP contribution in [0.2, 0.25) is 5.02 Å². The van der Waals surface area contributed by atoms with Gasteiger partial charge in [0.15, 0.2) is 0 Å². The number of hydrogen-bond donors (Lipinski definition) is 1. The van der Waals surface area contributed by atoms with E-state index in [0.717, 1.165) is 28.5 Å². The Kier molecular flexibility index (Phi) is 5.87. The molecule has 18 heavy (non-hydrogen) atoms. The van der Waals surface area contributed by atoms with Crippen molar-refractivity contribution < 1.29 is 4.74 Å². The van der Waals surface area contributed by atoms with E-state index in [-0.39, 0.29) is 5.41 Å². The van der Waals surface area contributed by atoms with E-state index in [1.165, 1.54) is 0 Å². The molecule has 0 fully saturated rings. The zero-order valence-corrected chi connectivity index (χ0v) is 13.3. The van der Waals surface area contributed by atoms with Gasteiger partial charge in [0, 0.05) is 10.9 Å². The normalized spacial score (nSPS) is 13.4. The number of hydrogen-bond acceptors (Lipinski definition) is 2. The summed E-state index contributed by atoms with van der Waals surface area (Å²) in [5, 5.41) is 0.811. The molecule has 0 aromatic heterocycles. The molecule has 1 aromatic carbocycles. The average molecular weight is 287 g/mol. The van der Waals surface area contributed by atoms with Crippen molar-refractivity contribution in [2.75, 3.05) is 12.4 Å². The highest BCUT2D eigenvalue weighted by molar-refractivity contribution is 7.80. The van der Waals surface area contributed by atoms with Crippen LogP contribution in [0.3, 0.4) is 0 Å². The number of aryl methyl sites for hydroxylation is 1. The van der Waals surface area contributed by atoms with Crippen molar-refractivity contribution >= 4 is 24.2 Å². The van der Waals surface area contributed by atoms with Crippen molar-refractivity contribution in [1.29, 1.82) is 0 Å². The third-order valence-corrected chi connectivity index (χ3v) is 4.10. The molecule has 0 saturated carbocycles. The summed E-state index contributed by atoms with van der Waals surface area (Å²) in [5.41, 5.74) is 1.34. The molecule has 0 saturated heterocycles. The molecule has 0 bridgehead atoms. The predicted octanol–water partition coefficient (Wildman–Crippen LogP) is 4.87. The lowest BCUT2D eigenvalue weighted by Gasteiger charge is -2.29. The lowest BCUT2D eigenvalue weighted by molar-refractivity contribution is 0.165. The van der Waals surface area contributed by atoms with Crippen molar-refractivity contribution in [3.63, 3.8) is 0 Å². The second-order valence-corrected chi connectivity index (χ2v) is 6.44. The minimum Gasteiger partial charge on any atom is -0.493 e. The topological polar surface area (TPSA) is 9.23 Å². The molecule has 3 heteroatoms. The first-order valence-corrected chi connectivity index (χ1v) is 7.41. The van der Waals surface area contributed by atoms with Crippen molar-refractivity contribution in [3.8, 4) is 5.75 Å². The molecule has 1 unspecified atom stereocenters. The fraction of sp³-hybridized carbons (Fsp3) is 0.600.